The van der Waals surface area contributed by atoms with Crippen LogP contribution in [0.5, 0.6) is 0 Å². The smallest absolute Gasteiger partial charge is 0.324 e. The van der Waals surface area contributed by atoms with E-state index in [1.54, 1.807) is 61.1 Å². The molecule has 0 atom stereocenters. The maximum absolute atomic E-state index is 13.6. The van der Waals surface area contributed by atoms with Gasteiger partial charge in [0, 0.05) is 59.0 Å². The van der Waals surface area contributed by atoms with E-state index in [1.165, 1.54) is 18.5 Å². The molecular weight excluding hydrogens is 505 g/mol. The van der Waals surface area contributed by atoms with E-state index in [0.29, 0.717) is 22.9 Å². The Morgan fingerprint density at radius 2 is 1.56 bits per heavy atom. The van der Waals surface area contributed by atoms with Crippen LogP contribution in [0.3, 0.4) is 0 Å². The van der Waals surface area contributed by atoms with Gasteiger partial charge in [-0.2, -0.15) is 13.2 Å². The lowest BCUT2D eigenvalue weighted by molar-refractivity contribution is -0.137. The monoisotopic (exact) mass is 526 g/mol. The summed E-state index contributed by atoms with van der Waals surface area (Å²) in [5.74, 6) is -0.254. The molecule has 3 aromatic heterocycles. The number of carbonyl (C=O) groups excluding carboxylic acids is 1. The highest BCUT2D eigenvalue weighted by Gasteiger charge is 2.31. The van der Waals surface area contributed by atoms with Crippen LogP contribution in [-0.4, -0.2) is 25.8 Å². The van der Waals surface area contributed by atoms with Gasteiger partial charge < -0.3 is 10.6 Å². The molecule has 3 heterocycles. The second kappa shape index (κ2) is 10.7. The molecule has 0 aliphatic rings. The van der Waals surface area contributed by atoms with Crippen LogP contribution in [0.2, 0.25) is 0 Å². The summed E-state index contributed by atoms with van der Waals surface area (Å²) in [5.41, 5.74) is 3.03. The highest BCUT2D eigenvalue weighted by molar-refractivity contribution is 6.05. The molecule has 5 aromatic rings. The first kappa shape index (κ1) is 25.5. The van der Waals surface area contributed by atoms with Crippen molar-refractivity contribution in [3.8, 4) is 22.4 Å². The second-order valence-corrected chi connectivity index (χ2v) is 8.65. The Balaban J connectivity index is 1.41. The predicted molar refractivity (Wildman–Crippen MR) is 142 cm³/mol. The maximum atomic E-state index is 13.6. The molecule has 2 aromatic carbocycles. The number of rotatable bonds is 6. The summed E-state index contributed by atoms with van der Waals surface area (Å²) in [6, 6.07) is 17.1. The van der Waals surface area contributed by atoms with Crippen molar-refractivity contribution < 1.29 is 18.0 Å². The van der Waals surface area contributed by atoms with Crippen molar-refractivity contribution >= 4 is 23.2 Å². The predicted octanol–water partition coefficient (Wildman–Crippen LogP) is 6.92. The summed E-state index contributed by atoms with van der Waals surface area (Å²) >= 11 is 0. The number of carbonyl (C=O) groups is 1. The molecule has 194 valence electrons. The largest absolute Gasteiger partial charge is 0.416 e. The summed E-state index contributed by atoms with van der Waals surface area (Å²) in [4.78, 5) is 30.0. The summed E-state index contributed by atoms with van der Waals surface area (Å²) in [7, 11) is 0. The number of pyridine rings is 2. The molecule has 0 bridgehead atoms. The van der Waals surface area contributed by atoms with E-state index in [-0.39, 0.29) is 16.8 Å². The third kappa shape index (κ3) is 6.07. The number of aromatic nitrogens is 4. The van der Waals surface area contributed by atoms with Gasteiger partial charge in [0.25, 0.3) is 5.91 Å². The molecule has 0 radical (unpaired) electrons. The first-order chi connectivity index (χ1) is 18.8. The molecule has 39 heavy (non-hydrogen) atoms. The number of anilines is 3. The number of amides is 1. The number of aryl methyl sites for hydroxylation is 1. The minimum absolute atomic E-state index is 0.0104. The Labute approximate surface area is 221 Å². The number of alkyl halides is 3. The fourth-order valence-electron chi connectivity index (χ4n) is 3.88. The van der Waals surface area contributed by atoms with Gasteiger partial charge in [-0.25, -0.2) is 9.97 Å². The molecule has 0 saturated carbocycles. The summed E-state index contributed by atoms with van der Waals surface area (Å²) < 4.78 is 40.8. The molecule has 5 rings (SSSR count). The summed E-state index contributed by atoms with van der Waals surface area (Å²) in [6.45, 7) is 1.85. The molecule has 0 fully saturated rings. The molecular formula is C29H21F3N6O. The molecule has 10 heteroatoms. The third-order valence-electron chi connectivity index (χ3n) is 5.87. The Bertz CT molecular complexity index is 1630. The lowest BCUT2D eigenvalue weighted by atomic mass is 10.0. The van der Waals surface area contributed by atoms with Crippen LogP contribution in [0, 0.1) is 6.92 Å². The average Bonchev–Trinajstić information content (AvgIpc) is 2.94. The van der Waals surface area contributed by atoms with E-state index < -0.39 is 17.6 Å². The van der Waals surface area contributed by atoms with E-state index >= 15 is 0 Å². The fourth-order valence-corrected chi connectivity index (χ4v) is 3.88. The van der Waals surface area contributed by atoms with Crippen molar-refractivity contribution in [1.82, 2.24) is 19.9 Å². The normalized spacial score (nSPS) is 11.2. The Morgan fingerprint density at radius 1 is 0.821 bits per heavy atom. The van der Waals surface area contributed by atoms with Crippen LogP contribution >= 0.6 is 0 Å². The molecule has 0 spiro atoms. The number of nitrogens with one attached hydrogen (secondary N) is 2. The van der Waals surface area contributed by atoms with Gasteiger partial charge in [-0.05, 0) is 72.6 Å². The lowest BCUT2D eigenvalue weighted by Gasteiger charge is -2.14. The van der Waals surface area contributed by atoms with E-state index in [2.05, 4.69) is 30.6 Å². The number of nitrogens with zero attached hydrogens (tertiary/aromatic N) is 4. The molecule has 2 N–H and O–H groups in total. The van der Waals surface area contributed by atoms with Gasteiger partial charge in [0.2, 0.25) is 5.95 Å². The Morgan fingerprint density at radius 3 is 2.26 bits per heavy atom. The van der Waals surface area contributed by atoms with E-state index in [1.807, 2.05) is 13.0 Å². The number of hydrogen-bond acceptors (Lipinski definition) is 6. The second-order valence-electron chi connectivity index (χ2n) is 8.65. The van der Waals surface area contributed by atoms with Gasteiger partial charge in [-0.3, -0.25) is 14.8 Å². The van der Waals surface area contributed by atoms with E-state index in [4.69, 9.17) is 0 Å². The first-order valence-electron chi connectivity index (χ1n) is 11.8. The summed E-state index contributed by atoms with van der Waals surface area (Å²) in [5, 5.41) is 5.72. The van der Waals surface area contributed by atoms with E-state index in [0.717, 1.165) is 23.3 Å². The van der Waals surface area contributed by atoms with Crippen molar-refractivity contribution in [2.24, 2.45) is 0 Å². The minimum atomic E-state index is -4.59. The molecule has 0 aliphatic carbocycles. The van der Waals surface area contributed by atoms with Gasteiger partial charge in [0.05, 0.1) is 11.3 Å². The van der Waals surface area contributed by atoms with Crippen LogP contribution in [-0.2, 0) is 6.18 Å². The molecule has 0 aliphatic heterocycles. The van der Waals surface area contributed by atoms with Crippen molar-refractivity contribution in [3.05, 3.63) is 114 Å². The Hall–Kier alpha value is -5.12. The zero-order valence-electron chi connectivity index (χ0n) is 20.6. The topological polar surface area (TPSA) is 92.7 Å². The molecule has 1 amide bonds. The number of benzene rings is 2. The van der Waals surface area contributed by atoms with Crippen LogP contribution in [0.4, 0.5) is 30.5 Å². The van der Waals surface area contributed by atoms with Crippen molar-refractivity contribution in [1.29, 1.82) is 0 Å². The van der Waals surface area contributed by atoms with Gasteiger partial charge in [0.1, 0.15) is 0 Å². The average molecular weight is 527 g/mol. The fraction of sp³-hybridized carbons (Fsp3) is 0.0690. The van der Waals surface area contributed by atoms with Crippen LogP contribution < -0.4 is 10.6 Å². The SMILES string of the molecule is Cc1ccc(C(=O)Nc2cc(-c3cccnc3)cc(C(F)(F)F)c2)cc1Nc1nccc(-c2cccnc2)n1. The molecule has 0 unspecified atom stereocenters. The Kier molecular flexibility index (Phi) is 7.00. The van der Waals surface area contributed by atoms with Crippen LogP contribution in [0.15, 0.2) is 97.7 Å². The number of hydrogen-bond donors (Lipinski definition) is 2. The first-order valence-corrected chi connectivity index (χ1v) is 11.8. The van der Waals surface area contributed by atoms with Crippen LogP contribution in [0.1, 0.15) is 21.5 Å². The quantitative estimate of drug-likeness (QED) is 0.249. The van der Waals surface area contributed by atoms with Crippen LogP contribution in [0.25, 0.3) is 22.4 Å². The van der Waals surface area contributed by atoms with Crippen molar-refractivity contribution in [2.75, 3.05) is 10.6 Å². The lowest BCUT2D eigenvalue weighted by Crippen LogP contribution is -2.14. The number of halogens is 3. The highest BCUT2D eigenvalue weighted by atomic mass is 19.4. The summed E-state index contributed by atoms with van der Waals surface area (Å²) in [6.07, 6.45) is 3.37. The van der Waals surface area contributed by atoms with Gasteiger partial charge in [0.15, 0.2) is 0 Å². The third-order valence-corrected chi connectivity index (χ3v) is 5.87. The molecule has 7 nitrogen and oxygen atoms in total. The zero-order chi connectivity index (χ0) is 27.4. The maximum Gasteiger partial charge on any atom is 0.416 e. The standard InChI is InChI=1S/C29H21F3N6O/c1-18-6-7-19(14-26(18)38-28-35-11-8-25(37-28)21-5-3-10-34-17-21)27(39)36-24-13-22(20-4-2-9-33-16-20)12-23(15-24)29(30,31)32/h2-17H,1H3,(H,36,39)(H,35,37,38). The van der Waals surface area contributed by atoms with E-state index in [9.17, 15) is 18.0 Å². The van der Waals surface area contributed by atoms with Crippen molar-refractivity contribution in [2.45, 2.75) is 13.1 Å². The van der Waals surface area contributed by atoms with Crippen molar-refractivity contribution in [3.63, 3.8) is 0 Å². The van der Waals surface area contributed by atoms with Gasteiger partial charge >= 0.3 is 6.18 Å². The highest BCUT2D eigenvalue weighted by Crippen LogP contribution is 2.35. The molecule has 0 saturated heterocycles. The zero-order valence-corrected chi connectivity index (χ0v) is 20.6. The van der Waals surface area contributed by atoms with Gasteiger partial charge in [-0.1, -0.05) is 12.1 Å². The minimum Gasteiger partial charge on any atom is -0.324 e. The van der Waals surface area contributed by atoms with Gasteiger partial charge in [-0.15, -0.1) is 0 Å².